The Morgan fingerprint density at radius 2 is 1.09 bits per heavy atom. The summed E-state index contributed by atoms with van der Waals surface area (Å²) in [6.07, 6.45) is 2.55. The van der Waals surface area contributed by atoms with Crippen LogP contribution >= 0.6 is 0 Å². The maximum absolute atomic E-state index is 2.64. The van der Waals surface area contributed by atoms with Gasteiger partial charge in [-0.2, -0.15) is 0 Å². The van der Waals surface area contributed by atoms with Crippen LogP contribution in [-0.4, -0.2) is 125 Å². The summed E-state index contributed by atoms with van der Waals surface area (Å²) in [5, 5.41) is 0. The molecular weight excluding hydrogens is 274 g/mol. The number of nitrogens with zero attached hydrogens (tertiary/aromatic N) is 5. The fourth-order valence-electron chi connectivity index (χ4n) is 2.84. The maximum Gasteiger partial charge on any atom is 0.0110 e. The smallest absolute Gasteiger partial charge is 0.0110 e. The summed E-state index contributed by atoms with van der Waals surface area (Å²) >= 11 is 0. The van der Waals surface area contributed by atoms with E-state index in [1.165, 1.54) is 71.7 Å². The Hall–Kier alpha value is -0.200. The molecule has 0 aromatic carbocycles. The van der Waals surface area contributed by atoms with E-state index in [1.54, 1.807) is 0 Å². The molecule has 132 valence electrons. The first kappa shape index (κ1) is 19.8. The lowest BCUT2D eigenvalue weighted by Crippen LogP contribution is -2.40. The predicted molar refractivity (Wildman–Crippen MR) is 96.7 cm³/mol. The summed E-state index contributed by atoms with van der Waals surface area (Å²) < 4.78 is 0. The lowest BCUT2D eigenvalue weighted by Gasteiger charge is -2.29. The van der Waals surface area contributed by atoms with Crippen LogP contribution in [0.3, 0.4) is 0 Å². The van der Waals surface area contributed by atoms with Crippen molar-refractivity contribution in [3.8, 4) is 0 Å². The second-order valence-corrected chi connectivity index (χ2v) is 7.26. The summed E-state index contributed by atoms with van der Waals surface area (Å²) in [4.78, 5) is 12.4. The van der Waals surface area contributed by atoms with Gasteiger partial charge in [-0.1, -0.05) is 0 Å². The molecular formula is C17H39N5. The summed E-state index contributed by atoms with van der Waals surface area (Å²) in [5.41, 5.74) is 0. The lowest BCUT2D eigenvalue weighted by atomic mass is 10.3. The van der Waals surface area contributed by atoms with Crippen LogP contribution < -0.4 is 0 Å². The molecule has 0 N–H and O–H groups in total. The molecule has 0 bridgehead atoms. The molecule has 1 aliphatic heterocycles. The molecule has 0 atom stereocenters. The van der Waals surface area contributed by atoms with Crippen molar-refractivity contribution in [2.75, 3.05) is 101 Å². The van der Waals surface area contributed by atoms with Crippen LogP contribution in [0.1, 0.15) is 12.8 Å². The van der Waals surface area contributed by atoms with Gasteiger partial charge in [-0.15, -0.1) is 0 Å². The summed E-state index contributed by atoms with van der Waals surface area (Å²) in [6, 6.07) is 0. The Bertz CT molecular complexity index is 272. The third-order valence-corrected chi connectivity index (χ3v) is 4.62. The zero-order valence-electron chi connectivity index (χ0n) is 15.7. The van der Waals surface area contributed by atoms with E-state index >= 15 is 0 Å². The van der Waals surface area contributed by atoms with Crippen LogP contribution in [0, 0.1) is 0 Å². The minimum atomic E-state index is 1.16. The van der Waals surface area contributed by atoms with Gasteiger partial charge in [0.25, 0.3) is 0 Å². The van der Waals surface area contributed by atoms with Gasteiger partial charge < -0.3 is 24.5 Å². The quantitative estimate of drug-likeness (QED) is 0.749. The number of likely N-dealkylation sites (N-methyl/N-ethyl adjacent to an activating group) is 4. The highest BCUT2D eigenvalue weighted by Gasteiger charge is 2.10. The number of hydrogen-bond acceptors (Lipinski definition) is 5. The fraction of sp³-hybridized carbons (Fsp3) is 1.00. The van der Waals surface area contributed by atoms with Crippen molar-refractivity contribution in [1.29, 1.82) is 0 Å². The third kappa shape index (κ3) is 9.74. The molecule has 0 radical (unpaired) electrons. The average Bonchev–Trinajstić information content (AvgIpc) is 2.46. The summed E-state index contributed by atoms with van der Waals surface area (Å²) in [7, 11) is 11.1. The van der Waals surface area contributed by atoms with E-state index in [1.807, 2.05) is 0 Å². The van der Waals surface area contributed by atoms with Crippen LogP contribution in [0.15, 0.2) is 0 Å². The van der Waals surface area contributed by atoms with Gasteiger partial charge in [-0.05, 0) is 74.3 Å². The maximum atomic E-state index is 2.64. The largest absolute Gasteiger partial charge is 0.308 e. The molecule has 0 aliphatic carbocycles. The first-order chi connectivity index (χ1) is 10.5. The van der Waals surface area contributed by atoms with E-state index in [4.69, 9.17) is 0 Å². The Kier molecular flexibility index (Phi) is 10.2. The van der Waals surface area contributed by atoms with E-state index in [0.29, 0.717) is 0 Å². The zero-order valence-corrected chi connectivity index (χ0v) is 15.7. The standard InChI is InChI=1S/C17H39N5/c1-18(2)12-16-22-11-7-10-20(4)14-13-19(3)8-6-9-21(5)15-17-22/h6-17H2,1-5H3. The van der Waals surface area contributed by atoms with Gasteiger partial charge in [0.05, 0.1) is 0 Å². The summed E-state index contributed by atoms with van der Waals surface area (Å²) in [5.74, 6) is 0. The molecule has 0 amide bonds. The predicted octanol–water partition coefficient (Wildman–Crippen LogP) is 0.439. The SMILES string of the molecule is CN(C)CCN1CCCN(C)CCN(C)CCCN(C)CC1. The molecule has 0 unspecified atom stereocenters. The molecule has 1 heterocycles. The van der Waals surface area contributed by atoms with Crippen molar-refractivity contribution in [2.24, 2.45) is 0 Å². The molecule has 5 heteroatoms. The second kappa shape index (κ2) is 11.4. The van der Waals surface area contributed by atoms with Gasteiger partial charge in [0.2, 0.25) is 0 Å². The van der Waals surface area contributed by atoms with Gasteiger partial charge in [-0.25, -0.2) is 0 Å². The second-order valence-electron chi connectivity index (χ2n) is 7.26. The Morgan fingerprint density at radius 1 is 0.636 bits per heavy atom. The summed E-state index contributed by atoms with van der Waals surface area (Å²) in [6.45, 7) is 12.0. The first-order valence-electron chi connectivity index (χ1n) is 8.90. The van der Waals surface area contributed by atoms with Gasteiger partial charge in [0, 0.05) is 39.3 Å². The minimum absolute atomic E-state index is 1.16. The van der Waals surface area contributed by atoms with Crippen LogP contribution in [0.4, 0.5) is 0 Å². The monoisotopic (exact) mass is 313 g/mol. The molecule has 1 fully saturated rings. The Balaban J connectivity index is 2.46. The van der Waals surface area contributed by atoms with E-state index in [9.17, 15) is 0 Å². The van der Waals surface area contributed by atoms with Crippen LogP contribution in [0.25, 0.3) is 0 Å². The molecule has 0 saturated carbocycles. The van der Waals surface area contributed by atoms with Gasteiger partial charge in [0.1, 0.15) is 0 Å². The first-order valence-corrected chi connectivity index (χ1v) is 8.90. The van der Waals surface area contributed by atoms with Crippen LogP contribution in [-0.2, 0) is 0 Å². The molecule has 1 aliphatic rings. The van der Waals surface area contributed by atoms with E-state index in [0.717, 1.165) is 6.54 Å². The molecule has 0 aromatic heterocycles. The van der Waals surface area contributed by atoms with E-state index in [-0.39, 0.29) is 0 Å². The Labute approximate surface area is 138 Å². The highest BCUT2D eigenvalue weighted by atomic mass is 15.2. The fourth-order valence-corrected chi connectivity index (χ4v) is 2.84. The van der Waals surface area contributed by atoms with Gasteiger partial charge in [0.15, 0.2) is 0 Å². The van der Waals surface area contributed by atoms with Gasteiger partial charge >= 0.3 is 0 Å². The molecule has 5 nitrogen and oxygen atoms in total. The van der Waals surface area contributed by atoms with E-state index < -0.39 is 0 Å². The van der Waals surface area contributed by atoms with Crippen LogP contribution in [0.2, 0.25) is 0 Å². The highest BCUT2D eigenvalue weighted by molar-refractivity contribution is 4.66. The lowest BCUT2D eigenvalue weighted by molar-refractivity contribution is 0.181. The molecule has 0 aromatic rings. The molecule has 1 rings (SSSR count). The van der Waals surface area contributed by atoms with E-state index in [2.05, 4.69) is 59.7 Å². The van der Waals surface area contributed by atoms with Crippen molar-refractivity contribution >= 4 is 0 Å². The van der Waals surface area contributed by atoms with Crippen molar-refractivity contribution < 1.29 is 0 Å². The number of hydrogen-bond donors (Lipinski definition) is 0. The van der Waals surface area contributed by atoms with Crippen molar-refractivity contribution in [1.82, 2.24) is 24.5 Å². The van der Waals surface area contributed by atoms with Crippen molar-refractivity contribution in [3.63, 3.8) is 0 Å². The highest BCUT2D eigenvalue weighted by Crippen LogP contribution is 1.99. The van der Waals surface area contributed by atoms with Gasteiger partial charge in [-0.3, -0.25) is 0 Å². The topological polar surface area (TPSA) is 16.2 Å². The zero-order chi connectivity index (χ0) is 16.4. The van der Waals surface area contributed by atoms with Crippen LogP contribution in [0.5, 0.6) is 0 Å². The minimum Gasteiger partial charge on any atom is -0.308 e. The normalized spacial score (nSPS) is 23.7. The van der Waals surface area contributed by atoms with Crippen molar-refractivity contribution in [2.45, 2.75) is 12.8 Å². The molecule has 22 heavy (non-hydrogen) atoms. The molecule has 0 spiro atoms. The Morgan fingerprint density at radius 3 is 1.59 bits per heavy atom. The average molecular weight is 314 g/mol. The third-order valence-electron chi connectivity index (χ3n) is 4.62. The molecule has 1 saturated heterocycles. The van der Waals surface area contributed by atoms with Crippen molar-refractivity contribution in [3.05, 3.63) is 0 Å². The number of rotatable bonds is 3.